The number of nitriles is 1. The molecular weight excluding hydrogens is 582 g/mol. The third kappa shape index (κ3) is 6.12. The van der Waals surface area contributed by atoms with E-state index in [4.69, 9.17) is 16.9 Å². The lowest BCUT2D eigenvalue weighted by molar-refractivity contribution is 0.102. The average molecular weight is 606 g/mol. The molecule has 1 fully saturated rings. The summed E-state index contributed by atoms with van der Waals surface area (Å²) < 4.78 is 52.6. The average Bonchev–Trinajstić information content (AvgIpc) is 2.91. The number of sulfonamides is 2. The first-order chi connectivity index (χ1) is 18.8. The molecule has 3 heterocycles. The van der Waals surface area contributed by atoms with Gasteiger partial charge in [-0.1, -0.05) is 11.6 Å². The highest BCUT2D eigenvalue weighted by Gasteiger charge is 2.30. The molecule has 4 rings (SSSR count). The van der Waals surface area contributed by atoms with Crippen molar-refractivity contribution in [2.75, 3.05) is 54.0 Å². The maximum Gasteiger partial charge on any atom is 0.261 e. The van der Waals surface area contributed by atoms with Crippen LogP contribution in [0.2, 0.25) is 5.02 Å². The molecule has 3 aromatic rings. The molecule has 17 heteroatoms. The molecule has 40 heavy (non-hydrogen) atoms. The minimum absolute atomic E-state index is 0.0265. The first-order valence-electron chi connectivity index (χ1n) is 11.7. The topological polar surface area (TPSA) is 182 Å². The molecule has 0 unspecified atom stereocenters. The number of rotatable bonds is 7. The van der Waals surface area contributed by atoms with Crippen molar-refractivity contribution < 1.29 is 21.6 Å². The van der Waals surface area contributed by atoms with Crippen molar-refractivity contribution in [2.45, 2.75) is 11.8 Å². The number of carbonyl (C=O) groups is 1. The summed E-state index contributed by atoms with van der Waals surface area (Å²) in [7, 11) is -6.39. The molecular formula is C23H24ClN9O5S2. The van der Waals surface area contributed by atoms with E-state index in [9.17, 15) is 21.6 Å². The van der Waals surface area contributed by atoms with Gasteiger partial charge in [0.1, 0.15) is 17.3 Å². The SMILES string of the molecule is Cc1cc(C#N)nc(N2CCN(S(=O)(=O)c3ccc(NC(=O)c4c(Cl)cnnc4N(C)S(C)(=O)=O)cc3)CC2)n1. The van der Waals surface area contributed by atoms with Crippen LogP contribution in [0, 0.1) is 18.3 Å². The van der Waals surface area contributed by atoms with E-state index in [1.165, 1.54) is 35.6 Å². The second-order valence-electron chi connectivity index (χ2n) is 8.80. The second kappa shape index (κ2) is 11.3. The Hall–Kier alpha value is -3.91. The number of piperazine rings is 1. The minimum atomic E-state index is -3.84. The number of nitrogens with one attached hydrogen (secondary N) is 1. The van der Waals surface area contributed by atoms with E-state index in [2.05, 4.69) is 25.5 Å². The molecule has 1 aliphatic heterocycles. The van der Waals surface area contributed by atoms with Gasteiger partial charge in [0.2, 0.25) is 26.0 Å². The zero-order chi connectivity index (χ0) is 29.2. The van der Waals surface area contributed by atoms with Crippen molar-refractivity contribution in [1.82, 2.24) is 24.5 Å². The Morgan fingerprint density at radius 2 is 1.75 bits per heavy atom. The fourth-order valence-electron chi connectivity index (χ4n) is 3.88. The van der Waals surface area contributed by atoms with Crippen LogP contribution >= 0.6 is 11.6 Å². The Labute approximate surface area is 236 Å². The third-order valence-electron chi connectivity index (χ3n) is 6.04. The maximum absolute atomic E-state index is 13.2. The standard InChI is InChI=1S/C23H24ClN9O5S2/c1-15-12-17(13-25)29-23(27-15)32-8-10-33(11-9-32)40(37,38)18-6-4-16(5-7-18)28-22(34)20-19(24)14-26-30-21(20)31(2)39(3,35)36/h4-7,12,14H,8-11H2,1-3H3,(H,28,34). The van der Waals surface area contributed by atoms with Gasteiger partial charge < -0.3 is 10.2 Å². The Morgan fingerprint density at radius 3 is 2.35 bits per heavy atom. The van der Waals surface area contributed by atoms with E-state index >= 15 is 0 Å². The summed E-state index contributed by atoms with van der Waals surface area (Å²) in [6, 6.07) is 9.10. The largest absolute Gasteiger partial charge is 0.338 e. The van der Waals surface area contributed by atoms with E-state index < -0.39 is 26.0 Å². The Morgan fingerprint density at radius 1 is 1.10 bits per heavy atom. The van der Waals surface area contributed by atoms with E-state index in [1.54, 1.807) is 13.0 Å². The highest BCUT2D eigenvalue weighted by atomic mass is 35.5. The molecule has 1 aliphatic rings. The van der Waals surface area contributed by atoms with Gasteiger partial charge in [0.25, 0.3) is 5.91 Å². The molecule has 14 nitrogen and oxygen atoms in total. The summed E-state index contributed by atoms with van der Waals surface area (Å²) in [4.78, 5) is 23.4. The number of benzene rings is 1. The minimum Gasteiger partial charge on any atom is -0.338 e. The van der Waals surface area contributed by atoms with Crippen LogP contribution in [0.25, 0.3) is 0 Å². The highest BCUT2D eigenvalue weighted by Crippen LogP contribution is 2.27. The number of amides is 1. The number of anilines is 3. The number of hydrogen-bond donors (Lipinski definition) is 1. The number of nitrogens with zero attached hydrogens (tertiary/aromatic N) is 8. The van der Waals surface area contributed by atoms with E-state index in [-0.39, 0.29) is 45.8 Å². The predicted octanol–water partition coefficient (Wildman–Crippen LogP) is 1.26. The molecule has 2 aromatic heterocycles. The second-order valence-corrected chi connectivity index (χ2v) is 13.2. The number of carbonyl (C=O) groups excluding carboxylic acids is 1. The molecule has 1 saturated heterocycles. The Kier molecular flexibility index (Phi) is 8.21. The first-order valence-corrected chi connectivity index (χ1v) is 15.4. The third-order valence-corrected chi connectivity index (χ3v) is 9.40. The molecule has 0 radical (unpaired) electrons. The van der Waals surface area contributed by atoms with Gasteiger partial charge in [0.15, 0.2) is 5.82 Å². The fraction of sp³-hybridized carbons (Fsp3) is 0.304. The molecule has 0 atom stereocenters. The summed E-state index contributed by atoms with van der Waals surface area (Å²) in [5.41, 5.74) is 0.925. The summed E-state index contributed by atoms with van der Waals surface area (Å²) >= 11 is 6.13. The Balaban J connectivity index is 1.46. The molecule has 0 bridgehead atoms. The molecule has 0 aliphatic carbocycles. The van der Waals surface area contributed by atoms with Crippen molar-refractivity contribution in [2.24, 2.45) is 0 Å². The summed E-state index contributed by atoms with van der Waals surface area (Å²) in [5, 5.41) is 19.0. The maximum atomic E-state index is 13.2. The normalized spacial score (nSPS) is 14.4. The van der Waals surface area contributed by atoms with Crippen molar-refractivity contribution in [1.29, 1.82) is 5.26 Å². The summed E-state index contributed by atoms with van der Waals surface area (Å²) in [6.45, 7) is 2.81. The van der Waals surface area contributed by atoms with Gasteiger partial charge in [-0.3, -0.25) is 9.10 Å². The van der Waals surface area contributed by atoms with Crippen LogP contribution < -0.4 is 14.5 Å². The van der Waals surface area contributed by atoms with Crippen LogP contribution in [0.15, 0.2) is 41.4 Å². The lowest BCUT2D eigenvalue weighted by atomic mass is 10.2. The molecule has 1 amide bonds. The van der Waals surface area contributed by atoms with Crippen molar-refractivity contribution in [3.63, 3.8) is 0 Å². The van der Waals surface area contributed by atoms with Crippen LogP contribution in [0.3, 0.4) is 0 Å². The monoisotopic (exact) mass is 605 g/mol. The van der Waals surface area contributed by atoms with Crippen LogP contribution in [0.1, 0.15) is 21.7 Å². The van der Waals surface area contributed by atoms with Crippen molar-refractivity contribution >= 4 is 55.0 Å². The summed E-state index contributed by atoms with van der Waals surface area (Å²) in [6.07, 6.45) is 2.05. The number of aryl methyl sites for hydroxylation is 1. The number of halogens is 1. The van der Waals surface area contributed by atoms with Gasteiger partial charge in [-0.25, -0.2) is 26.8 Å². The zero-order valence-electron chi connectivity index (χ0n) is 21.6. The van der Waals surface area contributed by atoms with Gasteiger partial charge in [-0.2, -0.15) is 14.7 Å². The van der Waals surface area contributed by atoms with Crippen LogP contribution in [-0.2, 0) is 20.0 Å². The Bertz CT molecular complexity index is 1700. The first kappa shape index (κ1) is 29.1. The van der Waals surface area contributed by atoms with Gasteiger partial charge in [-0.15, -0.1) is 5.10 Å². The molecule has 0 spiro atoms. The van der Waals surface area contributed by atoms with Gasteiger partial charge in [-0.05, 0) is 37.3 Å². The smallest absolute Gasteiger partial charge is 0.261 e. The van der Waals surface area contributed by atoms with Crippen molar-refractivity contribution in [3.8, 4) is 6.07 Å². The molecule has 210 valence electrons. The quantitative estimate of drug-likeness (QED) is 0.409. The van der Waals surface area contributed by atoms with Gasteiger partial charge in [0.05, 0.1) is 22.4 Å². The molecule has 1 N–H and O–H groups in total. The van der Waals surface area contributed by atoms with Gasteiger partial charge in [0, 0.05) is 44.6 Å². The predicted molar refractivity (Wildman–Crippen MR) is 147 cm³/mol. The zero-order valence-corrected chi connectivity index (χ0v) is 24.0. The van der Waals surface area contributed by atoms with Crippen LogP contribution in [0.5, 0.6) is 0 Å². The lowest BCUT2D eigenvalue weighted by Crippen LogP contribution is -2.49. The van der Waals surface area contributed by atoms with E-state index in [0.29, 0.717) is 24.7 Å². The lowest BCUT2D eigenvalue weighted by Gasteiger charge is -2.34. The number of aromatic nitrogens is 4. The highest BCUT2D eigenvalue weighted by molar-refractivity contribution is 7.92. The van der Waals surface area contributed by atoms with Crippen LogP contribution in [0.4, 0.5) is 17.5 Å². The van der Waals surface area contributed by atoms with E-state index in [1.807, 2.05) is 11.0 Å². The van der Waals surface area contributed by atoms with Gasteiger partial charge >= 0.3 is 0 Å². The molecule has 1 aromatic carbocycles. The van der Waals surface area contributed by atoms with E-state index in [0.717, 1.165) is 16.8 Å². The number of hydrogen-bond acceptors (Lipinski definition) is 11. The summed E-state index contributed by atoms with van der Waals surface area (Å²) in [5.74, 6) is -0.634. The van der Waals surface area contributed by atoms with Crippen LogP contribution in [-0.4, -0.2) is 86.7 Å². The molecule has 0 saturated carbocycles. The van der Waals surface area contributed by atoms with Crippen molar-refractivity contribution in [3.05, 3.63) is 58.5 Å². The fourth-order valence-corrected chi connectivity index (χ4v) is 5.95.